The minimum atomic E-state index is -0.449. The van der Waals surface area contributed by atoms with Crippen LogP contribution in [0, 0.1) is 6.92 Å². The van der Waals surface area contributed by atoms with E-state index in [1.54, 1.807) is 40.6 Å². The standard InChI is InChI=1S/C17H16N4O2S3/c1-10-7-25-17(19-10)26-8-11-2-4-12(5-3-11)15(23)21-16-20-13(9-24-16)6-14(18)22/h2-5,7,9H,6,8H2,1H3,(H2,18,22)(H,20,21,23). The van der Waals surface area contributed by atoms with Crippen molar-refractivity contribution in [1.29, 1.82) is 0 Å². The minimum absolute atomic E-state index is 0.0668. The molecule has 0 atom stereocenters. The fourth-order valence-electron chi connectivity index (χ4n) is 2.09. The van der Waals surface area contributed by atoms with Gasteiger partial charge in [-0.05, 0) is 24.6 Å². The molecule has 2 heterocycles. The number of primary amides is 1. The Labute approximate surface area is 162 Å². The number of aromatic nitrogens is 2. The molecule has 134 valence electrons. The molecule has 0 spiro atoms. The van der Waals surface area contributed by atoms with Crippen molar-refractivity contribution in [3.63, 3.8) is 0 Å². The van der Waals surface area contributed by atoms with Crippen LogP contribution < -0.4 is 11.1 Å². The maximum Gasteiger partial charge on any atom is 0.257 e. The van der Waals surface area contributed by atoms with Gasteiger partial charge in [0, 0.05) is 27.8 Å². The first-order valence-corrected chi connectivity index (χ1v) is 10.4. The molecule has 1 aromatic carbocycles. The van der Waals surface area contributed by atoms with Gasteiger partial charge in [-0.2, -0.15) is 0 Å². The van der Waals surface area contributed by atoms with Gasteiger partial charge in [0.05, 0.1) is 12.1 Å². The molecule has 0 aliphatic heterocycles. The van der Waals surface area contributed by atoms with Crippen molar-refractivity contribution >= 4 is 51.4 Å². The summed E-state index contributed by atoms with van der Waals surface area (Å²) in [6, 6.07) is 7.44. The van der Waals surface area contributed by atoms with Crippen LogP contribution in [0.5, 0.6) is 0 Å². The van der Waals surface area contributed by atoms with Crippen molar-refractivity contribution in [3.8, 4) is 0 Å². The molecule has 2 amide bonds. The number of nitrogens with two attached hydrogens (primary N) is 1. The van der Waals surface area contributed by atoms with Gasteiger partial charge in [0.15, 0.2) is 5.13 Å². The van der Waals surface area contributed by atoms with Crippen molar-refractivity contribution in [2.24, 2.45) is 5.73 Å². The molecular formula is C17H16N4O2S3. The summed E-state index contributed by atoms with van der Waals surface area (Å²) < 4.78 is 1.04. The van der Waals surface area contributed by atoms with Crippen LogP contribution in [0.4, 0.5) is 5.13 Å². The summed E-state index contributed by atoms with van der Waals surface area (Å²) in [6.07, 6.45) is 0.0668. The zero-order valence-corrected chi connectivity index (χ0v) is 16.3. The summed E-state index contributed by atoms with van der Waals surface area (Å²) in [5.41, 5.74) is 8.40. The summed E-state index contributed by atoms with van der Waals surface area (Å²) in [6.45, 7) is 1.98. The number of carbonyl (C=O) groups excluding carboxylic acids is 2. The zero-order valence-electron chi connectivity index (χ0n) is 13.9. The van der Waals surface area contributed by atoms with E-state index in [1.807, 2.05) is 24.4 Å². The molecule has 0 bridgehead atoms. The van der Waals surface area contributed by atoms with E-state index in [9.17, 15) is 9.59 Å². The molecule has 0 radical (unpaired) electrons. The Morgan fingerprint density at radius 3 is 2.58 bits per heavy atom. The Morgan fingerprint density at radius 1 is 1.15 bits per heavy atom. The van der Waals surface area contributed by atoms with Gasteiger partial charge in [-0.25, -0.2) is 9.97 Å². The lowest BCUT2D eigenvalue weighted by Crippen LogP contribution is -2.14. The van der Waals surface area contributed by atoms with E-state index in [-0.39, 0.29) is 12.3 Å². The third-order valence-corrected chi connectivity index (χ3v) is 6.32. The molecule has 26 heavy (non-hydrogen) atoms. The normalized spacial score (nSPS) is 10.7. The van der Waals surface area contributed by atoms with E-state index in [1.165, 1.54) is 11.3 Å². The Balaban J connectivity index is 1.56. The smallest absolute Gasteiger partial charge is 0.257 e. The lowest BCUT2D eigenvalue weighted by atomic mass is 10.1. The second kappa shape index (κ2) is 8.43. The highest BCUT2D eigenvalue weighted by Gasteiger charge is 2.10. The molecule has 0 unspecified atom stereocenters. The monoisotopic (exact) mass is 404 g/mol. The predicted molar refractivity (Wildman–Crippen MR) is 106 cm³/mol. The second-order valence-electron chi connectivity index (χ2n) is 5.48. The van der Waals surface area contributed by atoms with Crippen molar-refractivity contribution < 1.29 is 9.59 Å². The number of carbonyl (C=O) groups is 2. The van der Waals surface area contributed by atoms with Crippen LogP contribution in [-0.2, 0) is 17.0 Å². The molecule has 0 fully saturated rings. The van der Waals surface area contributed by atoms with Gasteiger partial charge in [0.25, 0.3) is 5.91 Å². The fraction of sp³-hybridized carbons (Fsp3) is 0.176. The largest absolute Gasteiger partial charge is 0.369 e. The van der Waals surface area contributed by atoms with Crippen LogP contribution in [0.2, 0.25) is 0 Å². The van der Waals surface area contributed by atoms with Gasteiger partial charge in [-0.3, -0.25) is 14.9 Å². The van der Waals surface area contributed by atoms with Crippen molar-refractivity contribution in [2.45, 2.75) is 23.4 Å². The SMILES string of the molecule is Cc1csc(SCc2ccc(C(=O)Nc3nc(CC(N)=O)cs3)cc2)n1. The van der Waals surface area contributed by atoms with Gasteiger partial charge in [0.1, 0.15) is 4.34 Å². The molecule has 3 rings (SSSR count). The molecule has 3 N–H and O–H groups in total. The van der Waals surface area contributed by atoms with Crippen LogP contribution in [0.15, 0.2) is 39.4 Å². The summed E-state index contributed by atoms with van der Waals surface area (Å²) >= 11 is 4.58. The topological polar surface area (TPSA) is 98.0 Å². The molecule has 0 saturated heterocycles. The maximum atomic E-state index is 12.3. The first-order chi connectivity index (χ1) is 12.5. The Bertz CT molecular complexity index is 918. The number of anilines is 1. The van der Waals surface area contributed by atoms with Gasteiger partial charge < -0.3 is 5.73 Å². The number of nitrogens with one attached hydrogen (secondary N) is 1. The Hall–Kier alpha value is -2.23. The molecule has 0 saturated carbocycles. The van der Waals surface area contributed by atoms with Crippen molar-refractivity contribution in [1.82, 2.24) is 9.97 Å². The highest BCUT2D eigenvalue weighted by molar-refractivity contribution is 8.00. The van der Waals surface area contributed by atoms with Crippen LogP contribution >= 0.6 is 34.4 Å². The number of thioether (sulfide) groups is 1. The third kappa shape index (κ3) is 5.13. The quantitative estimate of drug-likeness (QED) is 0.588. The van der Waals surface area contributed by atoms with E-state index in [0.29, 0.717) is 16.4 Å². The van der Waals surface area contributed by atoms with Gasteiger partial charge in [-0.15, -0.1) is 22.7 Å². The Kier molecular flexibility index (Phi) is 6.02. The highest BCUT2D eigenvalue weighted by atomic mass is 32.2. The third-order valence-electron chi connectivity index (χ3n) is 3.30. The van der Waals surface area contributed by atoms with Gasteiger partial charge in [-0.1, -0.05) is 23.9 Å². The number of aryl methyl sites for hydroxylation is 1. The minimum Gasteiger partial charge on any atom is -0.369 e. The van der Waals surface area contributed by atoms with Crippen LogP contribution in [-0.4, -0.2) is 21.8 Å². The molecule has 6 nitrogen and oxygen atoms in total. The summed E-state index contributed by atoms with van der Waals surface area (Å²) in [5.74, 6) is 0.118. The molecular weight excluding hydrogens is 388 g/mol. The van der Waals surface area contributed by atoms with E-state index in [0.717, 1.165) is 21.3 Å². The Morgan fingerprint density at radius 2 is 1.92 bits per heavy atom. The highest BCUT2D eigenvalue weighted by Crippen LogP contribution is 2.26. The lowest BCUT2D eigenvalue weighted by molar-refractivity contribution is -0.117. The number of rotatable bonds is 7. The van der Waals surface area contributed by atoms with E-state index in [4.69, 9.17) is 5.73 Å². The van der Waals surface area contributed by atoms with Gasteiger partial charge >= 0.3 is 0 Å². The van der Waals surface area contributed by atoms with E-state index >= 15 is 0 Å². The average Bonchev–Trinajstić information content (AvgIpc) is 3.21. The number of amides is 2. The molecule has 9 heteroatoms. The van der Waals surface area contributed by atoms with Crippen LogP contribution in [0.25, 0.3) is 0 Å². The van der Waals surface area contributed by atoms with E-state index < -0.39 is 5.91 Å². The van der Waals surface area contributed by atoms with E-state index in [2.05, 4.69) is 15.3 Å². The average molecular weight is 405 g/mol. The van der Waals surface area contributed by atoms with Crippen molar-refractivity contribution in [3.05, 3.63) is 57.5 Å². The number of hydrogen-bond acceptors (Lipinski definition) is 7. The first-order valence-electron chi connectivity index (χ1n) is 7.67. The molecule has 3 aromatic rings. The molecule has 0 aliphatic carbocycles. The number of thiazole rings is 2. The van der Waals surface area contributed by atoms with Crippen LogP contribution in [0.1, 0.15) is 27.3 Å². The zero-order chi connectivity index (χ0) is 18.5. The number of benzene rings is 1. The lowest BCUT2D eigenvalue weighted by Gasteiger charge is -2.04. The fourth-order valence-corrected chi connectivity index (χ4v) is 4.60. The molecule has 2 aromatic heterocycles. The summed E-state index contributed by atoms with van der Waals surface area (Å²) in [5, 5.41) is 6.92. The first kappa shape index (κ1) is 18.6. The molecule has 0 aliphatic rings. The predicted octanol–water partition coefficient (Wildman–Crippen LogP) is 3.48. The number of nitrogens with zero attached hydrogens (tertiary/aromatic N) is 2. The maximum absolute atomic E-state index is 12.3. The summed E-state index contributed by atoms with van der Waals surface area (Å²) in [7, 11) is 0. The van der Waals surface area contributed by atoms with Crippen molar-refractivity contribution in [2.75, 3.05) is 5.32 Å². The second-order valence-corrected chi connectivity index (χ2v) is 8.42. The summed E-state index contributed by atoms with van der Waals surface area (Å²) in [4.78, 5) is 31.8. The van der Waals surface area contributed by atoms with Crippen LogP contribution in [0.3, 0.4) is 0 Å². The number of hydrogen-bond donors (Lipinski definition) is 2. The van der Waals surface area contributed by atoms with Gasteiger partial charge in [0.2, 0.25) is 5.91 Å².